The Labute approximate surface area is 109 Å². The molecule has 0 bridgehead atoms. The van der Waals surface area contributed by atoms with Crippen LogP contribution in [0.25, 0.3) is 0 Å². The largest absolute Gasteiger partial charge is 0.397 e. The van der Waals surface area contributed by atoms with Crippen molar-refractivity contribution < 1.29 is 9.18 Å². The molecule has 1 aromatic carbocycles. The summed E-state index contributed by atoms with van der Waals surface area (Å²) < 4.78 is 13.7. The second-order valence-electron chi connectivity index (χ2n) is 3.71. The van der Waals surface area contributed by atoms with E-state index >= 15 is 0 Å². The van der Waals surface area contributed by atoms with Crippen LogP contribution in [0.4, 0.5) is 15.8 Å². The van der Waals surface area contributed by atoms with E-state index in [-0.39, 0.29) is 11.6 Å². The minimum Gasteiger partial charge on any atom is -0.397 e. The van der Waals surface area contributed by atoms with Crippen molar-refractivity contribution in [3.63, 3.8) is 0 Å². The molecule has 0 atom stereocenters. The first-order chi connectivity index (χ1) is 8.65. The number of hydrogen-bond donors (Lipinski definition) is 1. The number of para-hydroxylation sites is 1. The summed E-state index contributed by atoms with van der Waals surface area (Å²) in [4.78, 5) is 14.1. The van der Waals surface area contributed by atoms with Crippen molar-refractivity contribution in [3.05, 3.63) is 46.4 Å². The van der Waals surface area contributed by atoms with Gasteiger partial charge >= 0.3 is 0 Å². The van der Waals surface area contributed by atoms with Crippen molar-refractivity contribution in [2.75, 3.05) is 17.2 Å². The zero-order valence-corrected chi connectivity index (χ0v) is 10.7. The Morgan fingerprint density at radius 3 is 2.67 bits per heavy atom. The monoisotopic (exact) mass is 264 g/mol. The number of nitrogens with zero attached hydrogens (tertiary/aromatic N) is 1. The van der Waals surface area contributed by atoms with Crippen LogP contribution in [-0.2, 0) is 0 Å². The summed E-state index contributed by atoms with van der Waals surface area (Å²) in [5, 5.41) is 1.75. The number of thiophene rings is 1. The van der Waals surface area contributed by atoms with Gasteiger partial charge in [0.05, 0.1) is 11.4 Å². The number of amides is 1. The first-order valence-corrected chi connectivity index (χ1v) is 6.42. The molecule has 18 heavy (non-hydrogen) atoms. The molecule has 0 unspecified atom stereocenters. The van der Waals surface area contributed by atoms with Crippen molar-refractivity contribution in [2.45, 2.75) is 6.92 Å². The lowest BCUT2D eigenvalue weighted by Gasteiger charge is -2.21. The lowest BCUT2D eigenvalue weighted by molar-refractivity contribution is 0.0992. The van der Waals surface area contributed by atoms with E-state index in [2.05, 4.69) is 0 Å². The van der Waals surface area contributed by atoms with E-state index in [1.54, 1.807) is 36.6 Å². The fraction of sp³-hybridized carbons (Fsp3) is 0.154. The summed E-state index contributed by atoms with van der Waals surface area (Å²) in [6.07, 6.45) is 0. The highest BCUT2D eigenvalue weighted by atomic mass is 32.1. The lowest BCUT2D eigenvalue weighted by Crippen LogP contribution is -2.31. The zero-order valence-electron chi connectivity index (χ0n) is 9.89. The molecule has 0 saturated carbocycles. The molecule has 1 amide bonds. The molecule has 5 heteroatoms. The second-order valence-corrected chi connectivity index (χ2v) is 4.62. The van der Waals surface area contributed by atoms with Crippen LogP contribution in [-0.4, -0.2) is 12.5 Å². The Kier molecular flexibility index (Phi) is 3.62. The standard InChI is InChI=1S/C13H13FN2OS/c1-2-16(11-6-4-3-5-9(11)14)13(17)12-10(15)7-8-18-12/h3-8H,2,15H2,1H3. The fourth-order valence-electron chi connectivity index (χ4n) is 1.71. The molecule has 3 nitrogen and oxygen atoms in total. The van der Waals surface area contributed by atoms with Crippen LogP contribution in [0.2, 0.25) is 0 Å². The van der Waals surface area contributed by atoms with Gasteiger partial charge in [-0.15, -0.1) is 11.3 Å². The van der Waals surface area contributed by atoms with E-state index in [1.165, 1.54) is 22.3 Å². The number of rotatable bonds is 3. The van der Waals surface area contributed by atoms with Gasteiger partial charge in [-0.05, 0) is 30.5 Å². The van der Waals surface area contributed by atoms with Crippen LogP contribution < -0.4 is 10.6 Å². The van der Waals surface area contributed by atoms with E-state index < -0.39 is 5.82 Å². The predicted octanol–water partition coefficient (Wildman–Crippen LogP) is 3.14. The molecule has 0 fully saturated rings. The summed E-state index contributed by atoms with van der Waals surface area (Å²) in [6, 6.07) is 7.89. The van der Waals surface area contributed by atoms with Gasteiger partial charge in [-0.25, -0.2) is 4.39 Å². The van der Waals surface area contributed by atoms with E-state index in [9.17, 15) is 9.18 Å². The van der Waals surface area contributed by atoms with Crippen molar-refractivity contribution >= 4 is 28.6 Å². The van der Waals surface area contributed by atoms with Gasteiger partial charge in [0, 0.05) is 6.54 Å². The summed E-state index contributed by atoms with van der Waals surface area (Å²) in [5.74, 6) is -0.682. The summed E-state index contributed by atoms with van der Waals surface area (Å²) in [6.45, 7) is 2.19. The molecule has 0 spiro atoms. The molecule has 1 heterocycles. The average Bonchev–Trinajstić information content (AvgIpc) is 2.78. The van der Waals surface area contributed by atoms with Crippen LogP contribution in [0.15, 0.2) is 35.7 Å². The van der Waals surface area contributed by atoms with Crippen molar-refractivity contribution in [2.24, 2.45) is 0 Å². The van der Waals surface area contributed by atoms with Gasteiger partial charge in [-0.2, -0.15) is 0 Å². The molecular formula is C13H13FN2OS. The normalized spacial score (nSPS) is 10.3. The number of hydrogen-bond acceptors (Lipinski definition) is 3. The average molecular weight is 264 g/mol. The minimum absolute atomic E-state index is 0.268. The minimum atomic E-state index is -0.414. The van der Waals surface area contributed by atoms with E-state index in [4.69, 9.17) is 5.73 Å². The van der Waals surface area contributed by atoms with Crippen molar-refractivity contribution in [3.8, 4) is 0 Å². The third-order valence-electron chi connectivity index (χ3n) is 2.59. The maximum Gasteiger partial charge on any atom is 0.270 e. The number of benzene rings is 1. The van der Waals surface area contributed by atoms with Crippen LogP contribution in [0.1, 0.15) is 16.6 Å². The molecule has 0 aliphatic carbocycles. The summed E-state index contributed by atoms with van der Waals surface area (Å²) in [5.41, 5.74) is 6.43. The maximum absolute atomic E-state index is 13.7. The maximum atomic E-state index is 13.7. The second kappa shape index (κ2) is 5.18. The van der Waals surface area contributed by atoms with Crippen molar-refractivity contribution in [1.82, 2.24) is 0 Å². The molecule has 1 aromatic heterocycles. The molecule has 0 radical (unpaired) electrons. The number of carbonyl (C=O) groups excluding carboxylic acids is 1. The van der Waals surface area contributed by atoms with E-state index in [1.807, 2.05) is 0 Å². The third kappa shape index (κ3) is 2.22. The zero-order chi connectivity index (χ0) is 13.1. The van der Waals surface area contributed by atoms with Crippen LogP contribution >= 0.6 is 11.3 Å². The SMILES string of the molecule is CCN(C(=O)c1sccc1N)c1ccccc1F. The third-order valence-corrected chi connectivity index (χ3v) is 3.51. The van der Waals surface area contributed by atoms with Crippen LogP contribution in [0.5, 0.6) is 0 Å². The first kappa shape index (κ1) is 12.6. The number of nitrogen functional groups attached to an aromatic ring is 1. The van der Waals surface area contributed by atoms with Gasteiger partial charge in [0.25, 0.3) is 5.91 Å². The Morgan fingerprint density at radius 2 is 2.11 bits per heavy atom. The molecular weight excluding hydrogens is 251 g/mol. The van der Waals surface area contributed by atoms with Gasteiger partial charge in [0.2, 0.25) is 0 Å². The predicted molar refractivity (Wildman–Crippen MR) is 72.5 cm³/mol. The number of anilines is 2. The Bertz CT molecular complexity index is 568. The Balaban J connectivity index is 2.39. The molecule has 0 saturated heterocycles. The number of nitrogens with two attached hydrogens (primary N) is 1. The Hall–Kier alpha value is -1.88. The van der Waals surface area contributed by atoms with Crippen LogP contribution in [0, 0.1) is 5.82 Å². The van der Waals surface area contributed by atoms with Gasteiger partial charge in [-0.3, -0.25) is 4.79 Å². The highest BCUT2D eigenvalue weighted by molar-refractivity contribution is 7.12. The van der Waals surface area contributed by atoms with Crippen molar-refractivity contribution in [1.29, 1.82) is 0 Å². The van der Waals surface area contributed by atoms with E-state index in [0.717, 1.165) is 0 Å². The van der Waals surface area contributed by atoms with Gasteiger partial charge in [-0.1, -0.05) is 12.1 Å². The molecule has 2 rings (SSSR count). The van der Waals surface area contributed by atoms with Gasteiger partial charge in [0.1, 0.15) is 10.7 Å². The molecule has 94 valence electrons. The molecule has 2 aromatic rings. The summed E-state index contributed by atoms with van der Waals surface area (Å²) >= 11 is 1.26. The first-order valence-electron chi connectivity index (χ1n) is 5.54. The smallest absolute Gasteiger partial charge is 0.270 e. The summed E-state index contributed by atoms with van der Waals surface area (Å²) in [7, 11) is 0. The number of halogens is 1. The Morgan fingerprint density at radius 1 is 1.39 bits per heavy atom. The van der Waals surface area contributed by atoms with E-state index in [0.29, 0.717) is 17.1 Å². The molecule has 0 aliphatic rings. The van der Waals surface area contributed by atoms with Crippen LogP contribution in [0.3, 0.4) is 0 Å². The van der Waals surface area contributed by atoms with Gasteiger partial charge in [0.15, 0.2) is 0 Å². The highest BCUT2D eigenvalue weighted by Gasteiger charge is 2.21. The quantitative estimate of drug-likeness (QED) is 0.925. The molecule has 0 aliphatic heterocycles. The topological polar surface area (TPSA) is 46.3 Å². The fourth-order valence-corrected chi connectivity index (χ4v) is 2.48. The molecule has 2 N–H and O–H groups in total. The van der Waals surface area contributed by atoms with Gasteiger partial charge < -0.3 is 10.6 Å². The highest BCUT2D eigenvalue weighted by Crippen LogP contribution is 2.25. The lowest BCUT2D eigenvalue weighted by atomic mass is 10.2. The number of carbonyl (C=O) groups is 1.